The van der Waals surface area contributed by atoms with Crippen molar-refractivity contribution in [1.29, 1.82) is 0 Å². The molecule has 3 rings (SSSR count). The third-order valence-corrected chi connectivity index (χ3v) is 4.71. The normalized spacial score (nSPS) is 10.8. The zero-order valence-electron chi connectivity index (χ0n) is 11.9. The van der Waals surface area contributed by atoms with Gasteiger partial charge < -0.3 is 10.5 Å². The van der Waals surface area contributed by atoms with Crippen molar-refractivity contribution in [3.05, 3.63) is 58.3 Å². The average molecular weight is 343 g/mol. The number of anilines is 1. The highest BCUT2D eigenvalue weighted by Crippen LogP contribution is 2.35. The number of aryl methyl sites for hydroxylation is 2. The number of hydrogen-bond donors (Lipinski definition) is 1. The maximum Gasteiger partial charge on any atom is 0.150 e. The van der Waals surface area contributed by atoms with Gasteiger partial charge in [-0.15, -0.1) is 0 Å². The lowest BCUT2D eigenvalue weighted by atomic mass is 10.1. The highest BCUT2D eigenvalue weighted by Gasteiger charge is 2.09. The summed E-state index contributed by atoms with van der Waals surface area (Å²) < 4.78 is 7.07. The molecule has 106 valence electrons. The number of hydrogen-bond acceptors (Lipinski definition) is 3. The van der Waals surface area contributed by atoms with E-state index in [4.69, 9.17) is 10.5 Å². The van der Waals surface area contributed by atoms with Crippen molar-refractivity contribution >= 4 is 32.4 Å². The number of ether oxygens (including phenoxy) is 1. The van der Waals surface area contributed by atoms with Crippen LogP contribution in [0.3, 0.4) is 0 Å². The first-order valence-corrected chi connectivity index (χ1v) is 7.42. The van der Waals surface area contributed by atoms with E-state index in [0.717, 1.165) is 32.1 Å². The van der Waals surface area contributed by atoms with Crippen LogP contribution in [0, 0.1) is 13.8 Å². The summed E-state index contributed by atoms with van der Waals surface area (Å²) >= 11 is 3.56. The molecular formula is C17H15BrN2O. The second-order valence-corrected chi connectivity index (χ2v) is 5.84. The van der Waals surface area contributed by atoms with Crippen LogP contribution >= 0.6 is 15.9 Å². The summed E-state index contributed by atoms with van der Waals surface area (Å²) in [6.45, 7) is 4.08. The van der Waals surface area contributed by atoms with Crippen LogP contribution in [0.1, 0.15) is 11.1 Å². The molecule has 0 aliphatic heterocycles. The monoisotopic (exact) mass is 342 g/mol. The minimum atomic E-state index is 0.633. The lowest BCUT2D eigenvalue weighted by Gasteiger charge is -2.13. The molecule has 0 saturated heterocycles. The van der Waals surface area contributed by atoms with Gasteiger partial charge in [0.2, 0.25) is 0 Å². The van der Waals surface area contributed by atoms with Crippen molar-refractivity contribution in [1.82, 2.24) is 4.98 Å². The minimum Gasteiger partial charge on any atom is -0.455 e. The van der Waals surface area contributed by atoms with Crippen molar-refractivity contribution in [2.45, 2.75) is 13.8 Å². The Labute approximate surface area is 131 Å². The van der Waals surface area contributed by atoms with Crippen LogP contribution in [0.25, 0.3) is 10.8 Å². The Morgan fingerprint density at radius 3 is 2.52 bits per heavy atom. The molecule has 0 radical (unpaired) electrons. The fourth-order valence-corrected chi connectivity index (χ4v) is 2.58. The van der Waals surface area contributed by atoms with Crippen LogP contribution in [0.15, 0.2) is 47.2 Å². The number of pyridine rings is 1. The van der Waals surface area contributed by atoms with E-state index in [1.165, 1.54) is 0 Å². The Balaban J connectivity index is 2.04. The third-order valence-electron chi connectivity index (χ3n) is 3.46. The van der Waals surface area contributed by atoms with E-state index in [1.807, 2.05) is 44.2 Å². The van der Waals surface area contributed by atoms with Gasteiger partial charge in [-0.1, -0.05) is 15.9 Å². The number of halogens is 1. The minimum absolute atomic E-state index is 0.633. The van der Waals surface area contributed by atoms with Gasteiger partial charge in [0.25, 0.3) is 0 Å². The molecule has 3 aromatic rings. The molecule has 2 aromatic carbocycles. The number of nitrogens with zero attached hydrogens (tertiary/aromatic N) is 1. The van der Waals surface area contributed by atoms with Crippen molar-refractivity contribution in [3.8, 4) is 11.5 Å². The fraction of sp³-hybridized carbons (Fsp3) is 0.118. The number of aromatic nitrogens is 1. The molecule has 0 saturated carbocycles. The van der Waals surface area contributed by atoms with E-state index in [9.17, 15) is 0 Å². The van der Waals surface area contributed by atoms with Crippen LogP contribution in [0.2, 0.25) is 0 Å². The van der Waals surface area contributed by atoms with Gasteiger partial charge in [-0.25, -0.2) is 0 Å². The van der Waals surface area contributed by atoms with Crippen molar-refractivity contribution in [2.75, 3.05) is 5.73 Å². The third kappa shape index (κ3) is 2.59. The van der Waals surface area contributed by atoms with Gasteiger partial charge in [0, 0.05) is 27.6 Å². The molecule has 0 amide bonds. The molecule has 3 nitrogen and oxygen atoms in total. The lowest BCUT2D eigenvalue weighted by Crippen LogP contribution is -1.95. The predicted molar refractivity (Wildman–Crippen MR) is 89.8 cm³/mol. The highest BCUT2D eigenvalue weighted by atomic mass is 79.9. The molecule has 1 aromatic heterocycles. The van der Waals surface area contributed by atoms with E-state index in [-0.39, 0.29) is 0 Å². The molecular weight excluding hydrogens is 328 g/mol. The average Bonchev–Trinajstić information content (AvgIpc) is 2.48. The molecule has 0 atom stereocenters. The summed E-state index contributed by atoms with van der Waals surface area (Å²) in [6, 6.07) is 9.73. The maximum absolute atomic E-state index is 6.21. The number of nitrogens with two attached hydrogens (primary N) is 1. The van der Waals surface area contributed by atoms with Crippen LogP contribution < -0.4 is 10.5 Å². The molecule has 2 N–H and O–H groups in total. The second-order valence-electron chi connectivity index (χ2n) is 5.05. The number of benzene rings is 2. The molecule has 0 fully saturated rings. The Morgan fingerprint density at radius 2 is 1.81 bits per heavy atom. The van der Waals surface area contributed by atoms with Gasteiger partial charge in [-0.3, -0.25) is 4.98 Å². The Kier molecular flexibility index (Phi) is 3.55. The van der Waals surface area contributed by atoms with Crippen LogP contribution in [-0.4, -0.2) is 4.98 Å². The topological polar surface area (TPSA) is 48.1 Å². The molecule has 0 aliphatic carbocycles. The lowest BCUT2D eigenvalue weighted by molar-refractivity contribution is 0.484. The van der Waals surface area contributed by atoms with E-state index >= 15 is 0 Å². The van der Waals surface area contributed by atoms with Gasteiger partial charge in [0.15, 0.2) is 5.75 Å². The largest absolute Gasteiger partial charge is 0.455 e. The molecule has 1 heterocycles. The zero-order chi connectivity index (χ0) is 15.0. The number of fused-ring (bicyclic) bond motifs is 1. The zero-order valence-corrected chi connectivity index (χ0v) is 13.4. The summed E-state index contributed by atoms with van der Waals surface area (Å²) in [6.07, 6.45) is 3.53. The predicted octanol–water partition coefficient (Wildman–Crippen LogP) is 4.99. The van der Waals surface area contributed by atoms with Crippen molar-refractivity contribution in [2.24, 2.45) is 0 Å². The van der Waals surface area contributed by atoms with E-state index < -0.39 is 0 Å². The van der Waals surface area contributed by atoms with Crippen LogP contribution in [0.4, 0.5) is 5.69 Å². The first-order chi connectivity index (χ1) is 10.1. The molecule has 21 heavy (non-hydrogen) atoms. The van der Waals surface area contributed by atoms with E-state index in [2.05, 4.69) is 20.9 Å². The summed E-state index contributed by atoms with van der Waals surface area (Å²) in [5.74, 6) is 1.45. The smallest absolute Gasteiger partial charge is 0.150 e. The SMILES string of the molecule is Cc1cc(Oc2ccc3cnccc3c2N)cc(C)c1Br. The van der Waals surface area contributed by atoms with E-state index in [1.54, 1.807) is 12.4 Å². The van der Waals surface area contributed by atoms with Gasteiger partial charge >= 0.3 is 0 Å². The Bertz CT molecular complexity index is 807. The Hall–Kier alpha value is -2.07. The van der Waals surface area contributed by atoms with Crippen molar-refractivity contribution in [3.63, 3.8) is 0 Å². The molecule has 4 heteroatoms. The van der Waals surface area contributed by atoms with Crippen LogP contribution in [0.5, 0.6) is 11.5 Å². The summed E-state index contributed by atoms with van der Waals surface area (Å²) in [5, 5.41) is 1.96. The summed E-state index contributed by atoms with van der Waals surface area (Å²) in [7, 11) is 0. The van der Waals surface area contributed by atoms with E-state index in [0.29, 0.717) is 11.4 Å². The van der Waals surface area contributed by atoms with Crippen LogP contribution in [-0.2, 0) is 0 Å². The number of rotatable bonds is 2. The van der Waals surface area contributed by atoms with Gasteiger partial charge in [-0.2, -0.15) is 0 Å². The Morgan fingerprint density at radius 1 is 1.10 bits per heavy atom. The highest BCUT2D eigenvalue weighted by molar-refractivity contribution is 9.10. The molecule has 0 bridgehead atoms. The standard InChI is InChI=1S/C17H15BrN2O/c1-10-7-13(8-11(2)16(10)18)21-15-4-3-12-9-20-6-5-14(12)17(15)19/h3-9H,19H2,1-2H3. The van der Waals surface area contributed by atoms with Gasteiger partial charge in [0.1, 0.15) is 5.75 Å². The first-order valence-electron chi connectivity index (χ1n) is 6.63. The summed E-state index contributed by atoms with van der Waals surface area (Å²) in [5.41, 5.74) is 9.11. The molecule has 0 spiro atoms. The summed E-state index contributed by atoms with van der Waals surface area (Å²) in [4.78, 5) is 4.10. The molecule has 0 unspecified atom stereocenters. The quantitative estimate of drug-likeness (QED) is 0.667. The maximum atomic E-state index is 6.21. The van der Waals surface area contributed by atoms with Gasteiger partial charge in [0.05, 0.1) is 5.69 Å². The first kappa shape index (κ1) is 13.9. The molecule has 0 aliphatic rings. The number of nitrogen functional groups attached to an aromatic ring is 1. The van der Waals surface area contributed by atoms with Crippen molar-refractivity contribution < 1.29 is 4.74 Å². The van der Waals surface area contributed by atoms with Gasteiger partial charge in [-0.05, 0) is 55.3 Å². The second kappa shape index (κ2) is 5.37. The fourth-order valence-electron chi connectivity index (χ4n) is 2.35.